The lowest BCUT2D eigenvalue weighted by Crippen LogP contribution is -2.11. The van der Waals surface area contributed by atoms with Gasteiger partial charge in [0.15, 0.2) is 12.4 Å². The number of ether oxygens (including phenoxy) is 1. The first kappa shape index (κ1) is 12.5. The van der Waals surface area contributed by atoms with Crippen molar-refractivity contribution < 1.29 is 19.4 Å². The molecule has 0 heterocycles. The van der Waals surface area contributed by atoms with Gasteiger partial charge in [-0.15, -0.1) is 11.6 Å². The first-order chi connectivity index (χ1) is 7.50. The highest BCUT2D eigenvalue weighted by molar-refractivity contribution is 6.33. The van der Waals surface area contributed by atoms with Crippen LogP contribution in [0.4, 0.5) is 0 Å². The predicted molar refractivity (Wildman–Crippen MR) is 59.2 cm³/mol. The lowest BCUT2D eigenvalue weighted by molar-refractivity contribution is -0.139. The number of carbonyl (C=O) groups excluding carboxylic acids is 1. The van der Waals surface area contributed by atoms with E-state index >= 15 is 0 Å². The Morgan fingerprint density at radius 1 is 1.38 bits per heavy atom. The van der Waals surface area contributed by atoms with E-state index in [2.05, 4.69) is 0 Å². The van der Waals surface area contributed by atoms with Crippen molar-refractivity contribution in [2.24, 2.45) is 0 Å². The van der Waals surface area contributed by atoms with Crippen molar-refractivity contribution >= 4 is 23.4 Å². The second-order valence-corrected chi connectivity index (χ2v) is 3.84. The van der Waals surface area contributed by atoms with Crippen molar-refractivity contribution in [3.05, 3.63) is 29.8 Å². The van der Waals surface area contributed by atoms with E-state index < -0.39 is 18.0 Å². The summed E-state index contributed by atoms with van der Waals surface area (Å²) in [6.45, 7) is 1.19. The summed E-state index contributed by atoms with van der Waals surface area (Å²) in [5, 5.41) is 7.82. The summed E-state index contributed by atoms with van der Waals surface area (Å²) in [6, 6.07) is 6.18. The van der Waals surface area contributed by atoms with Gasteiger partial charge in [0.2, 0.25) is 0 Å². The van der Waals surface area contributed by atoms with Gasteiger partial charge in [-0.25, -0.2) is 4.79 Å². The number of halogens is 1. The Kier molecular flexibility index (Phi) is 4.31. The summed E-state index contributed by atoms with van der Waals surface area (Å²) >= 11 is 5.65. The molecule has 0 aliphatic carbocycles. The second-order valence-electron chi connectivity index (χ2n) is 3.19. The molecule has 0 bridgehead atoms. The number of rotatable bonds is 5. The van der Waals surface area contributed by atoms with E-state index in [9.17, 15) is 9.59 Å². The third-order valence-electron chi connectivity index (χ3n) is 1.86. The molecule has 0 amide bonds. The minimum atomic E-state index is -1.05. The van der Waals surface area contributed by atoms with Crippen LogP contribution in [-0.4, -0.2) is 28.8 Å². The maximum Gasteiger partial charge on any atom is 0.341 e. The first-order valence-electron chi connectivity index (χ1n) is 4.63. The number of hydrogen-bond acceptors (Lipinski definition) is 3. The highest BCUT2D eigenvalue weighted by atomic mass is 35.5. The smallest absolute Gasteiger partial charge is 0.341 e. The maximum atomic E-state index is 11.5. The average Bonchev–Trinajstić information content (AvgIpc) is 2.26. The van der Waals surface area contributed by atoms with Crippen LogP contribution in [0.15, 0.2) is 24.3 Å². The number of alkyl halides is 1. The van der Waals surface area contributed by atoms with Gasteiger partial charge < -0.3 is 9.84 Å². The second kappa shape index (κ2) is 5.51. The molecule has 5 heteroatoms. The van der Waals surface area contributed by atoms with Crippen LogP contribution in [0.3, 0.4) is 0 Å². The zero-order valence-corrected chi connectivity index (χ0v) is 9.40. The summed E-state index contributed by atoms with van der Waals surface area (Å²) in [7, 11) is 0. The molecular formula is C11H11ClO4. The number of carbonyl (C=O) groups is 2. The summed E-state index contributed by atoms with van der Waals surface area (Å²) in [4.78, 5) is 21.7. The Hall–Kier alpha value is -1.55. The van der Waals surface area contributed by atoms with Crippen molar-refractivity contribution in [1.82, 2.24) is 0 Å². The Morgan fingerprint density at radius 3 is 2.38 bits per heavy atom. The summed E-state index contributed by atoms with van der Waals surface area (Å²) in [6.07, 6.45) is 0. The molecule has 1 unspecified atom stereocenters. The van der Waals surface area contributed by atoms with Gasteiger partial charge in [-0.1, -0.05) is 0 Å². The molecule has 0 spiro atoms. The fourth-order valence-corrected chi connectivity index (χ4v) is 1.22. The normalized spacial score (nSPS) is 11.9. The van der Waals surface area contributed by atoms with Gasteiger partial charge in [0.25, 0.3) is 0 Å². The van der Waals surface area contributed by atoms with Crippen molar-refractivity contribution in [2.45, 2.75) is 12.3 Å². The third kappa shape index (κ3) is 3.55. The number of ketones is 1. The fraction of sp³-hybridized carbons (Fsp3) is 0.273. The summed E-state index contributed by atoms with van der Waals surface area (Å²) in [5.74, 6) is -0.817. The van der Waals surface area contributed by atoms with Crippen LogP contribution in [0, 0.1) is 0 Å². The molecule has 0 fully saturated rings. The van der Waals surface area contributed by atoms with Gasteiger partial charge >= 0.3 is 5.97 Å². The summed E-state index contributed by atoms with van der Waals surface area (Å²) < 4.78 is 4.92. The van der Waals surface area contributed by atoms with Crippen molar-refractivity contribution in [1.29, 1.82) is 0 Å². The standard InChI is InChI=1S/C11H11ClO4/c1-7(12)11(15)8-2-4-9(5-3-8)16-6-10(13)14/h2-5,7H,6H2,1H3,(H,13,14). The number of Topliss-reactive ketones (excluding diaryl/α,β-unsaturated/α-hetero) is 1. The molecule has 1 aromatic carbocycles. The van der Waals surface area contributed by atoms with Crippen molar-refractivity contribution in [3.8, 4) is 5.75 Å². The number of hydrogen-bond donors (Lipinski definition) is 1. The lowest BCUT2D eigenvalue weighted by atomic mass is 10.1. The quantitative estimate of drug-likeness (QED) is 0.633. The Balaban J connectivity index is 2.68. The van der Waals surface area contributed by atoms with E-state index in [0.29, 0.717) is 11.3 Å². The monoisotopic (exact) mass is 242 g/mol. The van der Waals surface area contributed by atoms with Crippen LogP contribution in [0.2, 0.25) is 0 Å². The number of carboxylic acids is 1. The van der Waals surface area contributed by atoms with E-state index in [1.807, 2.05) is 0 Å². The molecule has 16 heavy (non-hydrogen) atoms. The van der Waals surface area contributed by atoms with E-state index in [1.54, 1.807) is 19.1 Å². The van der Waals surface area contributed by atoms with E-state index in [-0.39, 0.29) is 5.78 Å². The van der Waals surface area contributed by atoms with Gasteiger partial charge in [0.05, 0.1) is 5.38 Å². The Morgan fingerprint density at radius 2 is 1.94 bits per heavy atom. The number of carboxylic acid groups (broad SMARTS) is 1. The number of benzene rings is 1. The third-order valence-corrected chi connectivity index (χ3v) is 2.06. The van der Waals surface area contributed by atoms with E-state index in [4.69, 9.17) is 21.4 Å². The maximum absolute atomic E-state index is 11.5. The van der Waals surface area contributed by atoms with Crippen LogP contribution < -0.4 is 4.74 Å². The zero-order chi connectivity index (χ0) is 12.1. The highest BCUT2D eigenvalue weighted by Gasteiger charge is 2.11. The van der Waals surface area contributed by atoms with E-state index in [1.165, 1.54) is 12.1 Å². The van der Waals surface area contributed by atoms with Gasteiger partial charge in [-0.2, -0.15) is 0 Å². The predicted octanol–water partition coefficient (Wildman–Crippen LogP) is 1.96. The Labute approximate surface area is 97.8 Å². The van der Waals surface area contributed by atoms with Crippen molar-refractivity contribution in [2.75, 3.05) is 6.61 Å². The highest BCUT2D eigenvalue weighted by Crippen LogP contribution is 2.14. The molecule has 1 atom stereocenters. The molecule has 1 aromatic rings. The van der Waals surface area contributed by atoms with Crippen LogP contribution in [-0.2, 0) is 4.79 Å². The largest absolute Gasteiger partial charge is 0.482 e. The molecule has 0 radical (unpaired) electrons. The average molecular weight is 243 g/mol. The molecule has 0 aromatic heterocycles. The molecule has 0 aliphatic rings. The minimum absolute atomic E-state index is 0.175. The Bertz CT molecular complexity index is 383. The number of aliphatic carboxylic acids is 1. The zero-order valence-electron chi connectivity index (χ0n) is 8.64. The molecule has 86 valence electrons. The minimum Gasteiger partial charge on any atom is -0.482 e. The fourth-order valence-electron chi connectivity index (χ4n) is 1.09. The van der Waals surface area contributed by atoms with Crippen LogP contribution >= 0.6 is 11.6 Å². The first-order valence-corrected chi connectivity index (χ1v) is 5.07. The van der Waals surface area contributed by atoms with Crippen LogP contribution in [0.5, 0.6) is 5.75 Å². The van der Waals surface area contributed by atoms with E-state index in [0.717, 1.165) is 0 Å². The van der Waals surface area contributed by atoms with Gasteiger partial charge in [-0.3, -0.25) is 4.79 Å². The topological polar surface area (TPSA) is 63.6 Å². The lowest BCUT2D eigenvalue weighted by Gasteiger charge is -2.05. The SMILES string of the molecule is CC(Cl)C(=O)c1ccc(OCC(=O)O)cc1. The molecule has 1 N–H and O–H groups in total. The van der Waals surface area contributed by atoms with Gasteiger partial charge in [0.1, 0.15) is 5.75 Å². The van der Waals surface area contributed by atoms with Crippen molar-refractivity contribution in [3.63, 3.8) is 0 Å². The van der Waals surface area contributed by atoms with Gasteiger partial charge in [-0.05, 0) is 31.2 Å². The van der Waals surface area contributed by atoms with Crippen LogP contribution in [0.1, 0.15) is 17.3 Å². The summed E-state index contributed by atoms with van der Waals surface area (Å²) in [5.41, 5.74) is 0.477. The molecule has 0 saturated carbocycles. The molecule has 0 saturated heterocycles. The molecule has 1 rings (SSSR count). The van der Waals surface area contributed by atoms with Crippen LogP contribution in [0.25, 0.3) is 0 Å². The van der Waals surface area contributed by atoms with Gasteiger partial charge in [0, 0.05) is 5.56 Å². The molecule has 0 aliphatic heterocycles. The molecule has 4 nitrogen and oxygen atoms in total. The molecular weight excluding hydrogens is 232 g/mol.